The quantitative estimate of drug-likeness (QED) is 0.456. The van der Waals surface area contributed by atoms with E-state index in [2.05, 4.69) is 4.99 Å². The fourth-order valence-corrected chi connectivity index (χ4v) is 2.28. The van der Waals surface area contributed by atoms with Crippen LogP contribution in [0.5, 0.6) is 0 Å². The SMILES string of the molecule is CN(C)c1ccc(C(O)C(CO)N=Cc2ccc([N+](=O)[O-])cc2)cc1. The van der Waals surface area contributed by atoms with E-state index in [0.717, 1.165) is 5.69 Å². The van der Waals surface area contributed by atoms with Crippen LogP contribution in [-0.4, -0.2) is 48.1 Å². The van der Waals surface area contributed by atoms with Crippen molar-refractivity contribution in [3.8, 4) is 0 Å². The molecule has 25 heavy (non-hydrogen) atoms. The first-order valence-corrected chi connectivity index (χ1v) is 7.76. The van der Waals surface area contributed by atoms with Crippen LogP contribution in [0.4, 0.5) is 11.4 Å². The Bertz CT molecular complexity index is 727. The Morgan fingerprint density at radius 3 is 2.24 bits per heavy atom. The average molecular weight is 343 g/mol. The van der Waals surface area contributed by atoms with Crippen molar-refractivity contribution in [2.45, 2.75) is 12.1 Å². The minimum atomic E-state index is -0.949. The number of hydrogen-bond donors (Lipinski definition) is 2. The van der Waals surface area contributed by atoms with Crippen molar-refractivity contribution in [3.63, 3.8) is 0 Å². The number of hydrogen-bond acceptors (Lipinski definition) is 6. The van der Waals surface area contributed by atoms with Gasteiger partial charge in [0.25, 0.3) is 5.69 Å². The molecule has 2 unspecified atom stereocenters. The molecule has 0 heterocycles. The first-order chi connectivity index (χ1) is 11.9. The molecule has 0 amide bonds. The van der Waals surface area contributed by atoms with Crippen LogP contribution in [0.3, 0.4) is 0 Å². The molecule has 2 aromatic rings. The number of non-ortho nitro benzene ring substituents is 1. The van der Waals surface area contributed by atoms with Crippen molar-refractivity contribution in [2.24, 2.45) is 4.99 Å². The molecule has 2 aromatic carbocycles. The lowest BCUT2D eigenvalue weighted by Crippen LogP contribution is -2.21. The van der Waals surface area contributed by atoms with E-state index in [0.29, 0.717) is 11.1 Å². The van der Waals surface area contributed by atoms with Crippen LogP contribution in [-0.2, 0) is 0 Å². The third kappa shape index (κ3) is 4.85. The maximum Gasteiger partial charge on any atom is 0.269 e. The van der Waals surface area contributed by atoms with Crippen LogP contribution in [0.2, 0.25) is 0 Å². The van der Waals surface area contributed by atoms with Gasteiger partial charge in [0.2, 0.25) is 0 Å². The minimum absolute atomic E-state index is 0.00289. The van der Waals surface area contributed by atoms with Crippen molar-refractivity contribution in [3.05, 3.63) is 69.8 Å². The number of rotatable bonds is 7. The van der Waals surface area contributed by atoms with Crippen LogP contribution in [0.15, 0.2) is 53.5 Å². The summed E-state index contributed by atoms with van der Waals surface area (Å²) in [5, 5.41) is 30.6. The third-order valence-corrected chi connectivity index (χ3v) is 3.82. The van der Waals surface area contributed by atoms with Gasteiger partial charge >= 0.3 is 0 Å². The molecule has 0 aliphatic heterocycles. The molecule has 2 atom stereocenters. The summed E-state index contributed by atoms with van der Waals surface area (Å²) in [4.78, 5) is 16.3. The Hall–Kier alpha value is -2.77. The largest absolute Gasteiger partial charge is 0.394 e. The predicted molar refractivity (Wildman–Crippen MR) is 97.3 cm³/mol. The second kappa shape index (κ2) is 8.36. The normalized spacial score (nSPS) is 13.6. The van der Waals surface area contributed by atoms with Crippen molar-refractivity contribution in [1.82, 2.24) is 0 Å². The lowest BCUT2D eigenvalue weighted by atomic mass is 10.0. The maximum atomic E-state index is 10.6. The topological polar surface area (TPSA) is 99.2 Å². The highest BCUT2D eigenvalue weighted by atomic mass is 16.6. The Labute approximate surface area is 146 Å². The summed E-state index contributed by atoms with van der Waals surface area (Å²) >= 11 is 0. The highest BCUT2D eigenvalue weighted by Crippen LogP contribution is 2.22. The van der Waals surface area contributed by atoms with Gasteiger partial charge in [-0.3, -0.25) is 15.1 Å². The number of aliphatic imine (C=N–C) groups is 1. The molecule has 0 saturated carbocycles. The molecule has 0 saturated heterocycles. The van der Waals surface area contributed by atoms with Gasteiger partial charge < -0.3 is 15.1 Å². The van der Waals surface area contributed by atoms with Gasteiger partial charge in [0.15, 0.2) is 0 Å². The summed E-state index contributed by atoms with van der Waals surface area (Å²) in [5.74, 6) is 0. The number of nitro benzene ring substituents is 1. The molecule has 7 heteroatoms. The second-order valence-electron chi connectivity index (χ2n) is 5.81. The van der Waals surface area contributed by atoms with E-state index in [4.69, 9.17) is 0 Å². The highest BCUT2D eigenvalue weighted by molar-refractivity contribution is 5.80. The Morgan fingerprint density at radius 1 is 1.16 bits per heavy atom. The molecule has 2 rings (SSSR count). The minimum Gasteiger partial charge on any atom is -0.394 e. The number of nitrogens with zero attached hydrogens (tertiary/aromatic N) is 3. The maximum absolute atomic E-state index is 10.6. The Morgan fingerprint density at radius 2 is 1.76 bits per heavy atom. The molecule has 0 spiro atoms. The van der Waals surface area contributed by atoms with Crippen LogP contribution in [0.25, 0.3) is 0 Å². The van der Waals surface area contributed by atoms with Gasteiger partial charge in [-0.2, -0.15) is 0 Å². The number of aliphatic hydroxyl groups is 2. The zero-order chi connectivity index (χ0) is 18.4. The zero-order valence-electron chi connectivity index (χ0n) is 14.1. The Kier molecular flexibility index (Phi) is 6.21. The fraction of sp³-hybridized carbons (Fsp3) is 0.278. The lowest BCUT2D eigenvalue weighted by molar-refractivity contribution is -0.384. The predicted octanol–water partition coefficient (Wildman–Crippen LogP) is 2.17. The van der Waals surface area contributed by atoms with Crippen molar-refractivity contribution < 1.29 is 15.1 Å². The fourth-order valence-electron chi connectivity index (χ4n) is 2.28. The summed E-state index contributed by atoms with van der Waals surface area (Å²) < 4.78 is 0. The van der Waals surface area contributed by atoms with Gasteiger partial charge in [0, 0.05) is 38.1 Å². The summed E-state index contributed by atoms with van der Waals surface area (Å²) in [6.45, 7) is -0.319. The van der Waals surface area contributed by atoms with Crippen LogP contribution in [0.1, 0.15) is 17.2 Å². The number of benzene rings is 2. The van der Waals surface area contributed by atoms with E-state index in [-0.39, 0.29) is 12.3 Å². The van der Waals surface area contributed by atoms with E-state index in [1.54, 1.807) is 24.3 Å². The molecule has 132 valence electrons. The van der Waals surface area contributed by atoms with Crippen molar-refractivity contribution >= 4 is 17.6 Å². The molecule has 0 aliphatic carbocycles. The van der Waals surface area contributed by atoms with Gasteiger partial charge in [-0.15, -0.1) is 0 Å². The number of aliphatic hydroxyl groups excluding tert-OH is 2. The summed E-state index contributed by atoms with van der Waals surface area (Å²) in [6.07, 6.45) is 0.540. The Balaban J connectivity index is 2.11. The zero-order valence-corrected chi connectivity index (χ0v) is 14.1. The molecule has 7 nitrogen and oxygen atoms in total. The monoisotopic (exact) mass is 343 g/mol. The molecule has 0 aliphatic rings. The number of nitro groups is 1. The second-order valence-corrected chi connectivity index (χ2v) is 5.81. The summed E-state index contributed by atoms with van der Waals surface area (Å²) in [5.41, 5.74) is 2.31. The van der Waals surface area contributed by atoms with Crippen LogP contribution < -0.4 is 4.90 Å². The molecule has 0 aromatic heterocycles. The smallest absolute Gasteiger partial charge is 0.269 e. The molecule has 0 bridgehead atoms. The van der Waals surface area contributed by atoms with E-state index in [1.165, 1.54) is 18.3 Å². The molecule has 0 radical (unpaired) electrons. The third-order valence-electron chi connectivity index (χ3n) is 3.82. The van der Waals surface area contributed by atoms with E-state index >= 15 is 0 Å². The molecular formula is C18H21N3O4. The van der Waals surface area contributed by atoms with Crippen molar-refractivity contribution in [1.29, 1.82) is 0 Å². The van der Waals surface area contributed by atoms with E-state index < -0.39 is 17.1 Å². The van der Waals surface area contributed by atoms with E-state index in [1.807, 2.05) is 31.1 Å². The van der Waals surface area contributed by atoms with Gasteiger partial charge in [-0.1, -0.05) is 12.1 Å². The summed E-state index contributed by atoms with van der Waals surface area (Å²) in [7, 11) is 3.85. The lowest BCUT2D eigenvalue weighted by Gasteiger charge is -2.19. The van der Waals surface area contributed by atoms with Gasteiger partial charge in [0.05, 0.1) is 11.5 Å². The average Bonchev–Trinajstić information content (AvgIpc) is 2.62. The van der Waals surface area contributed by atoms with E-state index in [9.17, 15) is 20.3 Å². The summed E-state index contributed by atoms with van der Waals surface area (Å²) in [6, 6.07) is 12.5. The van der Waals surface area contributed by atoms with Crippen molar-refractivity contribution in [2.75, 3.05) is 25.6 Å². The first-order valence-electron chi connectivity index (χ1n) is 7.76. The highest BCUT2D eigenvalue weighted by Gasteiger charge is 2.19. The standard InChI is InChI=1S/C18H21N3O4/c1-20(2)15-9-5-14(6-10-15)18(23)17(12-22)19-11-13-3-7-16(8-4-13)21(24)25/h3-11,17-18,22-23H,12H2,1-2H3. The van der Waals surface area contributed by atoms with Gasteiger partial charge in [-0.25, -0.2) is 0 Å². The first kappa shape index (κ1) is 18.6. The molecule has 2 N–H and O–H groups in total. The van der Waals surface area contributed by atoms with Gasteiger partial charge in [0.1, 0.15) is 12.1 Å². The molecule has 0 fully saturated rings. The van der Waals surface area contributed by atoms with Crippen LogP contribution in [0, 0.1) is 10.1 Å². The van der Waals surface area contributed by atoms with Gasteiger partial charge in [-0.05, 0) is 35.4 Å². The van der Waals surface area contributed by atoms with Crippen LogP contribution >= 0.6 is 0 Å². The number of anilines is 1. The molecular weight excluding hydrogens is 322 g/mol.